The quantitative estimate of drug-likeness (QED) is 0.812. The van der Waals surface area contributed by atoms with Crippen molar-refractivity contribution in [1.29, 1.82) is 0 Å². The van der Waals surface area contributed by atoms with Gasteiger partial charge in [0.1, 0.15) is 16.8 Å². The van der Waals surface area contributed by atoms with E-state index in [0.717, 1.165) is 49.6 Å². The van der Waals surface area contributed by atoms with Gasteiger partial charge in [0, 0.05) is 25.1 Å². The Kier molecular flexibility index (Phi) is 6.05. The Labute approximate surface area is 126 Å². The zero-order chi connectivity index (χ0) is 14.4. The van der Waals surface area contributed by atoms with Gasteiger partial charge in [-0.2, -0.15) is 0 Å². The van der Waals surface area contributed by atoms with Crippen LogP contribution in [0.5, 0.6) is 0 Å². The molecule has 1 fully saturated rings. The van der Waals surface area contributed by atoms with Gasteiger partial charge in [0.15, 0.2) is 0 Å². The minimum Gasteiger partial charge on any atom is -0.378 e. The zero-order valence-electron chi connectivity index (χ0n) is 12.4. The molecule has 0 saturated carbocycles. The zero-order valence-corrected chi connectivity index (χ0v) is 13.2. The molecular formula is C15H24ClN3O. The molecule has 1 aliphatic rings. The number of aromatic nitrogens is 2. The summed E-state index contributed by atoms with van der Waals surface area (Å²) in [6.07, 6.45) is 6.95. The van der Waals surface area contributed by atoms with Gasteiger partial charge in [-0.1, -0.05) is 18.5 Å². The fourth-order valence-electron chi connectivity index (χ4n) is 2.43. The molecular weight excluding hydrogens is 274 g/mol. The van der Waals surface area contributed by atoms with Gasteiger partial charge < -0.3 is 10.1 Å². The van der Waals surface area contributed by atoms with Crippen LogP contribution < -0.4 is 5.32 Å². The monoisotopic (exact) mass is 297 g/mol. The first kappa shape index (κ1) is 15.5. The summed E-state index contributed by atoms with van der Waals surface area (Å²) in [4.78, 5) is 8.87. The van der Waals surface area contributed by atoms with Gasteiger partial charge in [0.05, 0.1) is 6.10 Å². The van der Waals surface area contributed by atoms with E-state index < -0.39 is 0 Å². The van der Waals surface area contributed by atoms with Gasteiger partial charge in [-0.3, -0.25) is 0 Å². The molecule has 0 spiro atoms. The number of ether oxygens (including phenoxy) is 1. The van der Waals surface area contributed by atoms with E-state index in [4.69, 9.17) is 16.3 Å². The topological polar surface area (TPSA) is 47.0 Å². The van der Waals surface area contributed by atoms with Gasteiger partial charge in [-0.15, -0.1) is 0 Å². The molecule has 1 aromatic rings. The fourth-order valence-corrected chi connectivity index (χ4v) is 2.61. The molecule has 0 radical (unpaired) electrons. The Bertz CT molecular complexity index is 433. The molecule has 0 aromatic carbocycles. The van der Waals surface area contributed by atoms with Crippen LogP contribution in [0.4, 0.5) is 5.82 Å². The number of aryl methyl sites for hydroxylation is 1. The summed E-state index contributed by atoms with van der Waals surface area (Å²) in [5.74, 6) is 1.68. The summed E-state index contributed by atoms with van der Waals surface area (Å²) >= 11 is 6.17. The highest BCUT2D eigenvalue weighted by atomic mass is 35.5. The molecule has 1 aromatic heterocycles. The summed E-state index contributed by atoms with van der Waals surface area (Å²) in [6, 6.07) is 0. The first-order valence-corrected chi connectivity index (χ1v) is 7.97. The highest BCUT2D eigenvalue weighted by Crippen LogP contribution is 2.21. The molecule has 0 bridgehead atoms. The Hall–Kier alpha value is -0.870. The van der Waals surface area contributed by atoms with Gasteiger partial charge in [-0.25, -0.2) is 9.97 Å². The minimum absolute atomic E-state index is 0.393. The van der Waals surface area contributed by atoms with Crippen molar-refractivity contribution in [3.05, 3.63) is 16.5 Å². The summed E-state index contributed by atoms with van der Waals surface area (Å²) in [5.41, 5.74) is 0.927. The van der Waals surface area contributed by atoms with E-state index in [-0.39, 0.29) is 0 Å². The first-order chi connectivity index (χ1) is 9.70. The van der Waals surface area contributed by atoms with E-state index in [1.54, 1.807) is 0 Å². The molecule has 1 N–H and O–H groups in total. The molecule has 0 amide bonds. The molecule has 1 aliphatic heterocycles. The lowest BCUT2D eigenvalue weighted by atomic mass is 10.1. The number of nitrogens with one attached hydrogen (secondary N) is 1. The van der Waals surface area contributed by atoms with E-state index in [2.05, 4.69) is 22.2 Å². The number of hydrogen-bond donors (Lipinski definition) is 1. The SMILES string of the molecule is CCCc1nc(Cl)c(C)c(NCCC2CCCCO2)n1. The summed E-state index contributed by atoms with van der Waals surface area (Å²) in [6.45, 7) is 5.84. The Morgan fingerprint density at radius 3 is 2.90 bits per heavy atom. The van der Waals surface area contributed by atoms with Crippen LogP contribution in [0.2, 0.25) is 5.15 Å². The summed E-state index contributed by atoms with van der Waals surface area (Å²) in [5, 5.41) is 3.94. The van der Waals surface area contributed by atoms with Crippen LogP contribution in [-0.2, 0) is 11.2 Å². The second kappa shape index (κ2) is 7.79. The van der Waals surface area contributed by atoms with Crippen molar-refractivity contribution in [3.8, 4) is 0 Å². The van der Waals surface area contributed by atoms with Crippen LogP contribution in [0, 0.1) is 6.92 Å². The maximum atomic E-state index is 6.17. The third kappa shape index (κ3) is 4.32. The number of anilines is 1. The van der Waals surface area contributed by atoms with E-state index in [9.17, 15) is 0 Å². The molecule has 0 aliphatic carbocycles. The largest absolute Gasteiger partial charge is 0.378 e. The smallest absolute Gasteiger partial charge is 0.137 e. The van der Waals surface area contributed by atoms with Crippen molar-refractivity contribution >= 4 is 17.4 Å². The highest BCUT2D eigenvalue weighted by molar-refractivity contribution is 6.30. The van der Waals surface area contributed by atoms with Crippen molar-refractivity contribution in [2.24, 2.45) is 0 Å². The second-order valence-corrected chi connectivity index (χ2v) is 5.72. The fraction of sp³-hybridized carbons (Fsp3) is 0.733. The van der Waals surface area contributed by atoms with Crippen molar-refractivity contribution < 1.29 is 4.74 Å². The lowest BCUT2D eigenvalue weighted by molar-refractivity contribution is 0.0134. The van der Waals surface area contributed by atoms with Gasteiger partial charge >= 0.3 is 0 Å². The highest BCUT2D eigenvalue weighted by Gasteiger charge is 2.14. The molecule has 1 unspecified atom stereocenters. The number of halogens is 1. The second-order valence-electron chi connectivity index (χ2n) is 5.36. The maximum Gasteiger partial charge on any atom is 0.137 e. The minimum atomic E-state index is 0.393. The first-order valence-electron chi connectivity index (χ1n) is 7.59. The molecule has 4 nitrogen and oxygen atoms in total. The van der Waals surface area contributed by atoms with E-state index in [0.29, 0.717) is 11.3 Å². The normalized spacial score (nSPS) is 19.1. The molecule has 2 rings (SSSR count). The summed E-state index contributed by atoms with van der Waals surface area (Å²) in [7, 11) is 0. The molecule has 20 heavy (non-hydrogen) atoms. The lowest BCUT2D eigenvalue weighted by Gasteiger charge is -2.22. The van der Waals surface area contributed by atoms with Crippen LogP contribution in [0.25, 0.3) is 0 Å². The number of nitrogens with zero attached hydrogens (tertiary/aromatic N) is 2. The van der Waals surface area contributed by atoms with Gasteiger partial charge in [-0.05, 0) is 39.0 Å². The molecule has 5 heteroatoms. The van der Waals surface area contributed by atoms with Crippen LogP contribution in [0.1, 0.15) is 50.4 Å². The predicted molar refractivity (Wildman–Crippen MR) is 82.5 cm³/mol. The number of hydrogen-bond acceptors (Lipinski definition) is 4. The molecule has 112 valence electrons. The number of rotatable bonds is 6. The Morgan fingerprint density at radius 1 is 1.35 bits per heavy atom. The predicted octanol–water partition coefficient (Wildman–Crippen LogP) is 3.76. The molecule has 2 heterocycles. The van der Waals surface area contributed by atoms with E-state index in [1.165, 1.54) is 19.3 Å². The van der Waals surface area contributed by atoms with Crippen LogP contribution in [0.15, 0.2) is 0 Å². The van der Waals surface area contributed by atoms with Crippen molar-refractivity contribution in [3.63, 3.8) is 0 Å². The van der Waals surface area contributed by atoms with Crippen LogP contribution in [0.3, 0.4) is 0 Å². The Morgan fingerprint density at radius 2 is 2.20 bits per heavy atom. The van der Waals surface area contributed by atoms with Crippen LogP contribution >= 0.6 is 11.6 Å². The third-order valence-electron chi connectivity index (χ3n) is 3.64. The summed E-state index contributed by atoms with van der Waals surface area (Å²) < 4.78 is 5.73. The van der Waals surface area contributed by atoms with E-state index in [1.807, 2.05) is 6.92 Å². The van der Waals surface area contributed by atoms with Crippen LogP contribution in [-0.4, -0.2) is 29.2 Å². The lowest BCUT2D eigenvalue weighted by Crippen LogP contribution is -2.22. The molecule has 1 atom stereocenters. The molecule has 1 saturated heterocycles. The Balaban J connectivity index is 1.90. The average molecular weight is 298 g/mol. The van der Waals surface area contributed by atoms with Gasteiger partial charge in [0.25, 0.3) is 0 Å². The standard InChI is InChI=1S/C15H24ClN3O/c1-3-6-13-18-14(16)11(2)15(19-13)17-9-8-12-7-4-5-10-20-12/h12H,3-10H2,1-2H3,(H,17,18,19). The van der Waals surface area contributed by atoms with Crippen molar-refractivity contribution in [2.45, 2.75) is 58.5 Å². The van der Waals surface area contributed by atoms with E-state index >= 15 is 0 Å². The average Bonchev–Trinajstić information content (AvgIpc) is 2.45. The van der Waals surface area contributed by atoms with Gasteiger partial charge in [0.2, 0.25) is 0 Å². The van der Waals surface area contributed by atoms with Crippen molar-refractivity contribution in [1.82, 2.24) is 9.97 Å². The maximum absolute atomic E-state index is 6.17. The third-order valence-corrected chi connectivity index (χ3v) is 4.01. The van der Waals surface area contributed by atoms with Crippen molar-refractivity contribution in [2.75, 3.05) is 18.5 Å².